The summed E-state index contributed by atoms with van der Waals surface area (Å²) in [6.45, 7) is -0.242. The quantitative estimate of drug-likeness (QED) is 0.923. The van der Waals surface area contributed by atoms with Gasteiger partial charge in [0.15, 0.2) is 5.82 Å². The van der Waals surface area contributed by atoms with Gasteiger partial charge >= 0.3 is 0 Å². The SMILES string of the molecule is OCc1noc(-c2ccc(Br)c(Cl)c2)n1. The summed E-state index contributed by atoms with van der Waals surface area (Å²) in [6.07, 6.45) is 0. The summed E-state index contributed by atoms with van der Waals surface area (Å²) >= 11 is 9.20. The molecular formula is C9H6BrClN2O2. The third-order valence-corrected chi connectivity index (χ3v) is 3.01. The molecule has 4 nitrogen and oxygen atoms in total. The lowest BCUT2D eigenvalue weighted by Crippen LogP contribution is -1.85. The molecule has 0 radical (unpaired) electrons. The van der Waals surface area contributed by atoms with Crippen molar-refractivity contribution in [3.05, 3.63) is 33.5 Å². The van der Waals surface area contributed by atoms with E-state index >= 15 is 0 Å². The van der Waals surface area contributed by atoms with Gasteiger partial charge in [-0.15, -0.1) is 0 Å². The van der Waals surface area contributed by atoms with Gasteiger partial charge < -0.3 is 9.63 Å². The Bertz CT molecular complexity index is 487. The highest BCUT2D eigenvalue weighted by molar-refractivity contribution is 9.10. The number of nitrogens with zero attached hydrogens (tertiary/aromatic N) is 2. The number of aromatic nitrogens is 2. The number of aliphatic hydroxyl groups is 1. The van der Waals surface area contributed by atoms with Crippen LogP contribution in [0.1, 0.15) is 5.82 Å². The van der Waals surface area contributed by atoms with Gasteiger partial charge in [0, 0.05) is 10.0 Å². The van der Waals surface area contributed by atoms with Crippen LogP contribution in [0.2, 0.25) is 5.02 Å². The van der Waals surface area contributed by atoms with Crippen molar-refractivity contribution in [2.75, 3.05) is 0 Å². The first-order valence-corrected chi connectivity index (χ1v) is 5.26. The lowest BCUT2D eigenvalue weighted by molar-refractivity contribution is 0.264. The summed E-state index contributed by atoms with van der Waals surface area (Å²) in [7, 11) is 0. The fourth-order valence-corrected chi connectivity index (χ4v) is 1.49. The van der Waals surface area contributed by atoms with Crippen LogP contribution < -0.4 is 0 Å². The Balaban J connectivity index is 2.40. The molecule has 1 heterocycles. The van der Waals surface area contributed by atoms with Crippen LogP contribution in [-0.2, 0) is 6.61 Å². The van der Waals surface area contributed by atoms with E-state index in [0.717, 1.165) is 10.0 Å². The zero-order chi connectivity index (χ0) is 10.8. The van der Waals surface area contributed by atoms with Gasteiger partial charge in [-0.3, -0.25) is 0 Å². The molecule has 0 saturated carbocycles. The minimum atomic E-state index is -0.242. The molecule has 2 rings (SSSR count). The van der Waals surface area contributed by atoms with Gasteiger partial charge in [-0.05, 0) is 34.1 Å². The minimum Gasteiger partial charge on any atom is -0.388 e. The molecule has 0 amide bonds. The molecule has 0 aliphatic rings. The molecule has 1 aromatic heterocycles. The van der Waals surface area contributed by atoms with Crippen LogP contribution >= 0.6 is 27.5 Å². The third-order valence-electron chi connectivity index (χ3n) is 1.78. The van der Waals surface area contributed by atoms with Crippen molar-refractivity contribution in [2.24, 2.45) is 0 Å². The van der Waals surface area contributed by atoms with E-state index in [9.17, 15) is 0 Å². The first-order chi connectivity index (χ1) is 7.20. The highest BCUT2D eigenvalue weighted by Gasteiger charge is 2.09. The van der Waals surface area contributed by atoms with E-state index in [2.05, 4.69) is 26.1 Å². The van der Waals surface area contributed by atoms with E-state index in [-0.39, 0.29) is 12.4 Å². The summed E-state index contributed by atoms with van der Waals surface area (Å²) in [6, 6.07) is 5.30. The van der Waals surface area contributed by atoms with Gasteiger partial charge in [-0.25, -0.2) is 0 Å². The summed E-state index contributed by atoms with van der Waals surface area (Å²) in [5.41, 5.74) is 0.718. The van der Waals surface area contributed by atoms with Gasteiger partial charge in [0.2, 0.25) is 0 Å². The van der Waals surface area contributed by atoms with Crippen molar-refractivity contribution in [2.45, 2.75) is 6.61 Å². The second-order valence-electron chi connectivity index (χ2n) is 2.80. The van der Waals surface area contributed by atoms with Crippen molar-refractivity contribution in [3.63, 3.8) is 0 Å². The molecule has 0 bridgehead atoms. The molecule has 0 aliphatic heterocycles. The molecule has 0 atom stereocenters. The van der Waals surface area contributed by atoms with Gasteiger partial charge in [-0.2, -0.15) is 4.98 Å². The lowest BCUT2D eigenvalue weighted by Gasteiger charge is -1.97. The fraction of sp³-hybridized carbons (Fsp3) is 0.111. The van der Waals surface area contributed by atoms with Crippen molar-refractivity contribution in [1.82, 2.24) is 10.1 Å². The second kappa shape index (κ2) is 4.30. The molecule has 0 saturated heterocycles. The average Bonchev–Trinajstić information content (AvgIpc) is 2.70. The van der Waals surface area contributed by atoms with Crippen molar-refractivity contribution < 1.29 is 9.63 Å². The predicted octanol–water partition coefficient (Wildman–Crippen LogP) is 2.64. The topological polar surface area (TPSA) is 59.2 Å². The summed E-state index contributed by atoms with van der Waals surface area (Å²) in [5, 5.41) is 12.9. The first-order valence-electron chi connectivity index (χ1n) is 4.09. The molecular weight excluding hydrogens is 283 g/mol. The van der Waals surface area contributed by atoms with E-state index in [1.807, 2.05) is 0 Å². The zero-order valence-electron chi connectivity index (χ0n) is 7.44. The normalized spacial score (nSPS) is 10.6. The standard InChI is InChI=1S/C9H6BrClN2O2/c10-6-2-1-5(3-7(6)11)9-12-8(4-14)13-15-9/h1-3,14H,4H2. The predicted molar refractivity (Wildman–Crippen MR) is 58.4 cm³/mol. The summed E-state index contributed by atoms with van der Waals surface area (Å²) < 4.78 is 5.74. The second-order valence-corrected chi connectivity index (χ2v) is 4.06. The molecule has 78 valence electrons. The van der Waals surface area contributed by atoms with Gasteiger partial charge in [0.05, 0.1) is 5.02 Å². The molecule has 1 N–H and O–H groups in total. The van der Waals surface area contributed by atoms with Crippen molar-refractivity contribution in [1.29, 1.82) is 0 Å². The average molecular weight is 290 g/mol. The number of benzene rings is 1. The highest BCUT2D eigenvalue weighted by atomic mass is 79.9. The molecule has 15 heavy (non-hydrogen) atoms. The van der Waals surface area contributed by atoms with Crippen LogP contribution in [0.25, 0.3) is 11.5 Å². The maximum atomic E-state index is 8.78. The van der Waals surface area contributed by atoms with E-state index < -0.39 is 0 Å². The van der Waals surface area contributed by atoms with E-state index in [1.165, 1.54) is 0 Å². The van der Waals surface area contributed by atoms with Gasteiger partial charge in [0.25, 0.3) is 5.89 Å². The summed E-state index contributed by atoms with van der Waals surface area (Å²) in [4.78, 5) is 3.97. The number of hydrogen-bond donors (Lipinski definition) is 1. The highest BCUT2D eigenvalue weighted by Crippen LogP contribution is 2.27. The van der Waals surface area contributed by atoms with Gasteiger partial charge in [0.1, 0.15) is 6.61 Å². The Labute approximate surface area is 99.0 Å². The molecule has 0 spiro atoms. The number of aliphatic hydroxyl groups excluding tert-OH is 1. The van der Waals surface area contributed by atoms with Crippen LogP contribution in [0, 0.1) is 0 Å². The number of hydrogen-bond acceptors (Lipinski definition) is 4. The zero-order valence-corrected chi connectivity index (χ0v) is 9.79. The Hall–Kier alpha value is -0.910. The minimum absolute atomic E-state index is 0.242. The molecule has 6 heteroatoms. The van der Waals surface area contributed by atoms with Crippen molar-refractivity contribution >= 4 is 27.5 Å². The van der Waals surface area contributed by atoms with Crippen LogP contribution in [0.15, 0.2) is 27.2 Å². The monoisotopic (exact) mass is 288 g/mol. The molecule has 0 aliphatic carbocycles. The fourth-order valence-electron chi connectivity index (χ4n) is 1.06. The molecule has 2 aromatic rings. The maximum Gasteiger partial charge on any atom is 0.258 e. The van der Waals surface area contributed by atoms with E-state index in [0.29, 0.717) is 10.9 Å². The smallest absolute Gasteiger partial charge is 0.258 e. The number of rotatable bonds is 2. The third kappa shape index (κ3) is 2.19. The van der Waals surface area contributed by atoms with Crippen molar-refractivity contribution in [3.8, 4) is 11.5 Å². The first kappa shape index (κ1) is 10.6. The lowest BCUT2D eigenvalue weighted by atomic mass is 10.2. The van der Waals surface area contributed by atoms with E-state index in [4.69, 9.17) is 21.2 Å². The van der Waals surface area contributed by atoms with Crippen LogP contribution in [0.5, 0.6) is 0 Å². The summed E-state index contributed by atoms with van der Waals surface area (Å²) in [5.74, 6) is 0.595. The Morgan fingerprint density at radius 1 is 1.47 bits per heavy atom. The Morgan fingerprint density at radius 2 is 2.27 bits per heavy atom. The Kier molecular flexibility index (Phi) is 3.04. The van der Waals surface area contributed by atoms with Crippen LogP contribution in [-0.4, -0.2) is 15.2 Å². The van der Waals surface area contributed by atoms with E-state index in [1.54, 1.807) is 18.2 Å². The maximum absolute atomic E-state index is 8.78. The molecule has 0 unspecified atom stereocenters. The number of halogens is 2. The van der Waals surface area contributed by atoms with Crippen LogP contribution in [0.3, 0.4) is 0 Å². The van der Waals surface area contributed by atoms with Crippen LogP contribution in [0.4, 0.5) is 0 Å². The van der Waals surface area contributed by atoms with Gasteiger partial charge in [-0.1, -0.05) is 16.8 Å². The largest absolute Gasteiger partial charge is 0.388 e. The molecule has 1 aromatic carbocycles. The molecule has 0 fully saturated rings. The Morgan fingerprint density at radius 3 is 2.87 bits per heavy atom.